The molecule has 0 aromatic carbocycles. The van der Waals surface area contributed by atoms with Gasteiger partial charge in [0.15, 0.2) is 0 Å². The van der Waals surface area contributed by atoms with Gasteiger partial charge in [-0.2, -0.15) is 0 Å². The molecule has 0 amide bonds. The van der Waals surface area contributed by atoms with Gasteiger partial charge in [-0.1, -0.05) is 4.57 Å². The molecular weight excluding hydrogens is 249 g/mol. The van der Waals surface area contributed by atoms with E-state index >= 15 is 0 Å². The molecule has 8 heteroatoms. The van der Waals surface area contributed by atoms with Crippen LogP contribution in [0.4, 0.5) is 0 Å². The van der Waals surface area contributed by atoms with E-state index in [0.717, 1.165) is 0 Å². The zero-order chi connectivity index (χ0) is 13.0. The minimum atomic E-state index is -3.37. The third-order valence-electron chi connectivity index (χ3n) is 0.167. The van der Waals surface area contributed by atoms with Gasteiger partial charge in [0.25, 0.3) is 8.25 Å². The Morgan fingerprint density at radius 1 is 0.812 bits per heavy atom. The van der Waals surface area contributed by atoms with Crippen molar-refractivity contribution < 1.29 is 73.5 Å². The fraction of sp³-hybridized carbons (Fsp3) is 0.250. The van der Waals surface area contributed by atoms with E-state index < -0.39 is 8.25 Å². The number of rotatable bonds is 1. The monoisotopic (exact) mass is 269 g/mol. The van der Waals surface area contributed by atoms with E-state index in [4.69, 9.17) is 25.8 Å². The SMILES string of the molecule is C=C.C=C.C=C.NCCN.O=[P+]([O-])[O-].[Na+].[Na+]. The number of hydrogen-bond donors (Lipinski definition) is 2. The average molecular weight is 269 g/mol. The van der Waals surface area contributed by atoms with Gasteiger partial charge in [-0.25, -0.2) is 0 Å². The quantitative estimate of drug-likeness (QED) is 0.279. The van der Waals surface area contributed by atoms with Gasteiger partial charge in [-0.15, -0.1) is 39.5 Å². The smallest absolute Gasteiger partial charge is 0.598 e. The minimum absolute atomic E-state index is 0. The molecule has 0 aromatic heterocycles. The van der Waals surface area contributed by atoms with Crippen molar-refractivity contribution in [2.45, 2.75) is 0 Å². The normalized spacial score (nSPS) is 4.25. The maximum Gasteiger partial charge on any atom is 1.00 e. The van der Waals surface area contributed by atoms with E-state index in [1.807, 2.05) is 0 Å². The molecule has 0 saturated carbocycles. The van der Waals surface area contributed by atoms with Gasteiger partial charge in [0.2, 0.25) is 0 Å². The Bertz CT molecular complexity index is 92.6. The van der Waals surface area contributed by atoms with Crippen LogP contribution >= 0.6 is 8.25 Å². The van der Waals surface area contributed by atoms with Crippen molar-refractivity contribution in [3.8, 4) is 0 Å². The van der Waals surface area contributed by atoms with Crippen molar-refractivity contribution in [1.29, 1.82) is 0 Å². The summed E-state index contributed by atoms with van der Waals surface area (Å²) in [5, 5.41) is 0. The molecule has 0 aliphatic heterocycles. The number of nitrogens with two attached hydrogens (primary N) is 2. The first-order chi connectivity index (χ1) is 6.65. The van der Waals surface area contributed by atoms with Gasteiger partial charge < -0.3 is 21.3 Å². The molecule has 0 spiro atoms. The van der Waals surface area contributed by atoms with Crippen LogP contribution in [0.3, 0.4) is 0 Å². The molecular formula is C8H20N2Na2O3P+. The second kappa shape index (κ2) is 97.9. The Hall–Kier alpha value is 1.16. The van der Waals surface area contributed by atoms with Crippen LogP contribution in [0, 0.1) is 0 Å². The summed E-state index contributed by atoms with van der Waals surface area (Å²) >= 11 is 0. The first kappa shape index (κ1) is 43.4. The van der Waals surface area contributed by atoms with E-state index in [0.29, 0.717) is 13.1 Å². The molecule has 4 N–H and O–H groups in total. The molecule has 0 aliphatic carbocycles. The summed E-state index contributed by atoms with van der Waals surface area (Å²) in [6.45, 7) is 19.2. The molecule has 16 heavy (non-hydrogen) atoms. The largest absolute Gasteiger partial charge is 1.00 e. The zero-order valence-electron chi connectivity index (χ0n) is 10.5. The molecule has 0 aromatic rings. The molecule has 0 saturated heterocycles. The molecule has 5 nitrogen and oxygen atoms in total. The first-order valence-corrected chi connectivity index (χ1v) is 4.46. The van der Waals surface area contributed by atoms with E-state index in [2.05, 4.69) is 39.5 Å². The Kier molecular flexibility index (Phi) is 266. The number of hydrogen-bond acceptors (Lipinski definition) is 5. The van der Waals surface area contributed by atoms with Gasteiger partial charge in [-0.05, 0) is 0 Å². The second-order valence-electron chi connectivity index (χ2n) is 0.801. The van der Waals surface area contributed by atoms with Crippen molar-refractivity contribution in [3.05, 3.63) is 39.5 Å². The summed E-state index contributed by atoms with van der Waals surface area (Å²) in [6.07, 6.45) is 0. The van der Waals surface area contributed by atoms with Crippen molar-refractivity contribution in [2.24, 2.45) is 11.5 Å². The van der Waals surface area contributed by atoms with E-state index in [-0.39, 0.29) is 59.1 Å². The van der Waals surface area contributed by atoms with Gasteiger partial charge in [-0.3, -0.25) is 0 Å². The zero-order valence-corrected chi connectivity index (χ0v) is 15.4. The van der Waals surface area contributed by atoms with Crippen LogP contribution in [0.2, 0.25) is 0 Å². The predicted molar refractivity (Wildman–Crippen MR) is 59.5 cm³/mol. The molecule has 0 unspecified atom stereocenters. The topological polar surface area (TPSA) is 115 Å². The van der Waals surface area contributed by atoms with Crippen LogP contribution in [-0.2, 0) is 4.57 Å². The second-order valence-corrected chi connectivity index (χ2v) is 1.25. The van der Waals surface area contributed by atoms with Gasteiger partial charge in [0.1, 0.15) is 0 Å². The fourth-order valence-corrected chi connectivity index (χ4v) is 0. The maximum absolute atomic E-state index is 8.48. The third-order valence-corrected chi connectivity index (χ3v) is 0.167. The van der Waals surface area contributed by atoms with Crippen molar-refractivity contribution in [3.63, 3.8) is 0 Å². The maximum atomic E-state index is 8.48. The predicted octanol–water partition coefficient (Wildman–Crippen LogP) is -6.32. The molecule has 0 atom stereocenters. The van der Waals surface area contributed by atoms with E-state index in [1.165, 1.54) is 0 Å². The van der Waals surface area contributed by atoms with Gasteiger partial charge >= 0.3 is 59.1 Å². The van der Waals surface area contributed by atoms with Crippen molar-refractivity contribution in [2.75, 3.05) is 13.1 Å². The average Bonchev–Trinajstić information content (AvgIpc) is 2.25. The molecule has 0 radical (unpaired) electrons. The van der Waals surface area contributed by atoms with Crippen LogP contribution in [0.1, 0.15) is 0 Å². The van der Waals surface area contributed by atoms with Crippen LogP contribution in [0.25, 0.3) is 0 Å². The first-order valence-electron chi connectivity index (χ1n) is 3.36. The summed E-state index contributed by atoms with van der Waals surface area (Å²) in [5.41, 5.74) is 9.81. The van der Waals surface area contributed by atoms with Crippen LogP contribution in [-0.4, -0.2) is 13.1 Å². The third kappa shape index (κ3) is 652. The molecule has 0 fully saturated rings. The van der Waals surface area contributed by atoms with Crippen molar-refractivity contribution >= 4 is 8.25 Å². The molecule has 0 heterocycles. The van der Waals surface area contributed by atoms with Gasteiger partial charge in [0.05, 0.1) is 0 Å². The summed E-state index contributed by atoms with van der Waals surface area (Å²) in [6, 6.07) is 0. The molecule has 0 aliphatic rings. The molecule has 0 rings (SSSR count). The Morgan fingerprint density at radius 2 is 0.875 bits per heavy atom. The summed E-state index contributed by atoms with van der Waals surface area (Å²) in [7, 11) is -3.37. The van der Waals surface area contributed by atoms with Crippen LogP contribution < -0.4 is 80.4 Å². The Morgan fingerprint density at radius 3 is 0.875 bits per heavy atom. The van der Waals surface area contributed by atoms with E-state index in [9.17, 15) is 0 Å². The van der Waals surface area contributed by atoms with Crippen molar-refractivity contribution in [1.82, 2.24) is 0 Å². The van der Waals surface area contributed by atoms with Crippen LogP contribution in [0.15, 0.2) is 39.5 Å². The summed E-state index contributed by atoms with van der Waals surface area (Å²) < 4.78 is 8.48. The van der Waals surface area contributed by atoms with Crippen LogP contribution in [0.5, 0.6) is 0 Å². The minimum Gasteiger partial charge on any atom is -0.598 e. The summed E-state index contributed by atoms with van der Waals surface area (Å²) in [5.74, 6) is 0. The molecule has 0 bridgehead atoms. The Labute approximate surface area is 144 Å². The van der Waals surface area contributed by atoms with Gasteiger partial charge in [0, 0.05) is 13.1 Å². The summed E-state index contributed by atoms with van der Waals surface area (Å²) in [4.78, 5) is 17.0. The Balaban J connectivity index is -0.0000000129. The fourth-order valence-electron chi connectivity index (χ4n) is 0. The standard InChI is InChI=1S/C2H8N2.3C2H4.2Na.HO3P/c3-1-2-4;3*1-2;;;1-4(2)3/h1-4H2;3*1-2H2;;;(H,1,2,3)/q;;;;2*+1;/p-1. The molecule has 86 valence electrons. The van der Waals surface area contributed by atoms with E-state index in [1.54, 1.807) is 0 Å².